The molecule has 2 N–H and O–H groups in total. The van der Waals surface area contributed by atoms with Gasteiger partial charge in [-0.3, -0.25) is 9.67 Å². The fraction of sp³-hybridized carbons (Fsp3) is 0.571. The second kappa shape index (κ2) is 10.5. The Bertz CT molecular complexity index is 445. The predicted molar refractivity (Wildman–Crippen MR) is 94.5 cm³/mol. The molecule has 20 heavy (non-hydrogen) atoms. The number of rotatable bonds is 6. The molecule has 6 heteroatoms. The molecule has 0 radical (unpaired) electrons. The van der Waals surface area contributed by atoms with Crippen molar-refractivity contribution in [3.63, 3.8) is 0 Å². The molecule has 5 nitrogen and oxygen atoms in total. The summed E-state index contributed by atoms with van der Waals surface area (Å²) < 4.78 is 1.96. The highest BCUT2D eigenvalue weighted by Gasteiger charge is 2.01. The standard InChI is InChI=1S/C14H23N5.HI/c1-5-9-16-14(15-6-2)17-10-7-13-8-11-19(18-13)12(3)4;/h1,8,11-12H,6-7,9-10H2,2-4H3,(H2,15,16,17);1H. The van der Waals surface area contributed by atoms with Crippen molar-refractivity contribution >= 4 is 29.9 Å². The van der Waals surface area contributed by atoms with Gasteiger partial charge < -0.3 is 10.6 Å². The maximum atomic E-state index is 5.22. The monoisotopic (exact) mass is 389 g/mol. The van der Waals surface area contributed by atoms with Gasteiger partial charge in [0.25, 0.3) is 0 Å². The van der Waals surface area contributed by atoms with Crippen LogP contribution < -0.4 is 10.6 Å². The van der Waals surface area contributed by atoms with Crippen molar-refractivity contribution in [3.05, 3.63) is 18.0 Å². The Morgan fingerprint density at radius 2 is 2.25 bits per heavy atom. The van der Waals surface area contributed by atoms with E-state index in [-0.39, 0.29) is 24.0 Å². The van der Waals surface area contributed by atoms with Gasteiger partial charge in [-0.2, -0.15) is 5.10 Å². The van der Waals surface area contributed by atoms with Crippen molar-refractivity contribution in [1.82, 2.24) is 20.4 Å². The second-order valence-corrected chi connectivity index (χ2v) is 4.45. The number of hydrogen-bond donors (Lipinski definition) is 2. The lowest BCUT2D eigenvalue weighted by molar-refractivity contribution is 0.526. The molecule has 0 aliphatic heterocycles. The summed E-state index contributed by atoms with van der Waals surface area (Å²) in [5.41, 5.74) is 1.06. The number of aliphatic imine (C=N–C) groups is 1. The van der Waals surface area contributed by atoms with E-state index in [1.807, 2.05) is 23.9 Å². The van der Waals surface area contributed by atoms with Crippen LogP contribution >= 0.6 is 24.0 Å². The van der Waals surface area contributed by atoms with E-state index in [1.165, 1.54) is 0 Å². The smallest absolute Gasteiger partial charge is 0.192 e. The van der Waals surface area contributed by atoms with Crippen LogP contribution in [0.5, 0.6) is 0 Å². The zero-order chi connectivity index (χ0) is 14.1. The minimum Gasteiger partial charge on any atom is -0.357 e. The van der Waals surface area contributed by atoms with Gasteiger partial charge in [0.15, 0.2) is 5.96 Å². The summed E-state index contributed by atoms with van der Waals surface area (Å²) in [4.78, 5) is 4.45. The molecule has 1 aromatic heterocycles. The third-order valence-corrected chi connectivity index (χ3v) is 2.53. The molecule has 0 saturated carbocycles. The van der Waals surface area contributed by atoms with Crippen LogP contribution in [0.25, 0.3) is 0 Å². The first-order chi connectivity index (χ1) is 9.17. The molecule has 1 rings (SSSR count). The van der Waals surface area contributed by atoms with E-state index in [9.17, 15) is 0 Å². The van der Waals surface area contributed by atoms with Gasteiger partial charge in [-0.25, -0.2) is 0 Å². The van der Waals surface area contributed by atoms with Crippen LogP contribution in [0.2, 0.25) is 0 Å². The fourth-order valence-corrected chi connectivity index (χ4v) is 1.56. The van der Waals surface area contributed by atoms with Gasteiger partial charge in [0.2, 0.25) is 0 Å². The van der Waals surface area contributed by atoms with Crippen LogP contribution in [-0.2, 0) is 6.42 Å². The fourth-order valence-electron chi connectivity index (χ4n) is 1.56. The van der Waals surface area contributed by atoms with E-state index in [1.54, 1.807) is 0 Å². The summed E-state index contributed by atoms with van der Waals surface area (Å²) in [6, 6.07) is 2.43. The van der Waals surface area contributed by atoms with Crippen molar-refractivity contribution in [1.29, 1.82) is 0 Å². The maximum absolute atomic E-state index is 5.22. The molecule has 112 valence electrons. The van der Waals surface area contributed by atoms with Crippen molar-refractivity contribution in [2.24, 2.45) is 4.99 Å². The molecule has 0 unspecified atom stereocenters. The van der Waals surface area contributed by atoms with Crippen LogP contribution in [0.4, 0.5) is 0 Å². The average Bonchev–Trinajstić information content (AvgIpc) is 2.85. The van der Waals surface area contributed by atoms with Gasteiger partial charge in [-0.1, -0.05) is 5.92 Å². The molecular weight excluding hydrogens is 365 g/mol. The van der Waals surface area contributed by atoms with E-state index in [4.69, 9.17) is 6.42 Å². The molecule has 0 aromatic carbocycles. The minimum atomic E-state index is 0. The lowest BCUT2D eigenvalue weighted by atomic mass is 10.3. The highest BCUT2D eigenvalue weighted by atomic mass is 127. The van der Waals surface area contributed by atoms with Gasteiger partial charge in [-0.05, 0) is 26.8 Å². The highest BCUT2D eigenvalue weighted by molar-refractivity contribution is 14.0. The molecule has 0 aliphatic rings. The summed E-state index contributed by atoms with van der Waals surface area (Å²) in [7, 11) is 0. The normalized spacial score (nSPS) is 10.8. The van der Waals surface area contributed by atoms with Crippen LogP contribution in [0.15, 0.2) is 17.3 Å². The van der Waals surface area contributed by atoms with Crippen LogP contribution in [0.1, 0.15) is 32.5 Å². The lowest BCUT2D eigenvalue weighted by Crippen LogP contribution is -2.37. The molecule has 1 aromatic rings. The topological polar surface area (TPSA) is 54.2 Å². The summed E-state index contributed by atoms with van der Waals surface area (Å²) in [5.74, 6) is 3.29. The number of nitrogens with zero attached hydrogens (tertiary/aromatic N) is 3. The quantitative estimate of drug-likeness (QED) is 0.338. The van der Waals surface area contributed by atoms with Crippen molar-refractivity contribution < 1.29 is 0 Å². The zero-order valence-corrected chi connectivity index (χ0v) is 14.7. The van der Waals surface area contributed by atoms with Crippen molar-refractivity contribution in [2.45, 2.75) is 33.2 Å². The molecule has 0 aliphatic carbocycles. The Balaban J connectivity index is 0.00000361. The van der Waals surface area contributed by atoms with E-state index in [0.717, 1.165) is 24.6 Å². The number of terminal acetylenes is 1. The largest absolute Gasteiger partial charge is 0.357 e. The first kappa shape index (κ1) is 18.8. The predicted octanol–water partition coefficient (Wildman–Crippen LogP) is 1.81. The first-order valence-corrected chi connectivity index (χ1v) is 6.67. The third kappa shape index (κ3) is 6.80. The van der Waals surface area contributed by atoms with Gasteiger partial charge in [0.1, 0.15) is 0 Å². The van der Waals surface area contributed by atoms with Gasteiger partial charge in [0, 0.05) is 31.7 Å². The number of halogens is 1. The molecule has 1 heterocycles. The SMILES string of the molecule is C#CCNC(=NCCc1ccn(C(C)C)n1)NCC.I. The minimum absolute atomic E-state index is 0. The molecule has 0 saturated heterocycles. The molecule has 0 spiro atoms. The average molecular weight is 389 g/mol. The number of hydrogen-bond acceptors (Lipinski definition) is 2. The van der Waals surface area contributed by atoms with Gasteiger partial charge >= 0.3 is 0 Å². The molecule has 0 amide bonds. The number of nitrogens with one attached hydrogen (secondary N) is 2. The number of aromatic nitrogens is 2. The Hall–Kier alpha value is -1.23. The Morgan fingerprint density at radius 3 is 2.80 bits per heavy atom. The number of guanidine groups is 1. The van der Waals surface area contributed by atoms with E-state index in [2.05, 4.69) is 40.5 Å². The first-order valence-electron chi connectivity index (χ1n) is 6.67. The summed E-state index contributed by atoms with van der Waals surface area (Å²) in [5, 5.41) is 10.7. The summed E-state index contributed by atoms with van der Waals surface area (Å²) in [6.07, 6.45) is 8.05. The molecular formula is C14H24IN5. The Morgan fingerprint density at radius 1 is 1.50 bits per heavy atom. The molecule has 0 bridgehead atoms. The summed E-state index contributed by atoms with van der Waals surface area (Å²) >= 11 is 0. The van der Waals surface area contributed by atoms with Gasteiger partial charge in [-0.15, -0.1) is 30.4 Å². The van der Waals surface area contributed by atoms with E-state index < -0.39 is 0 Å². The molecule has 0 atom stereocenters. The van der Waals surface area contributed by atoms with Gasteiger partial charge in [0.05, 0.1) is 12.2 Å². The maximum Gasteiger partial charge on any atom is 0.192 e. The highest BCUT2D eigenvalue weighted by Crippen LogP contribution is 2.04. The van der Waals surface area contributed by atoms with Crippen molar-refractivity contribution in [3.8, 4) is 12.3 Å². The second-order valence-electron chi connectivity index (χ2n) is 4.45. The Labute approximate surface area is 138 Å². The van der Waals surface area contributed by atoms with Crippen molar-refractivity contribution in [2.75, 3.05) is 19.6 Å². The summed E-state index contributed by atoms with van der Waals surface area (Å²) in [6.45, 7) is 8.24. The lowest BCUT2D eigenvalue weighted by Gasteiger charge is -2.08. The molecule has 0 fully saturated rings. The third-order valence-electron chi connectivity index (χ3n) is 2.53. The zero-order valence-electron chi connectivity index (χ0n) is 12.4. The van der Waals surface area contributed by atoms with E-state index in [0.29, 0.717) is 19.1 Å². The van der Waals surface area contributed by atoms with Crippen LogP contribution in [-0.4, -0.2) is 35.4 Å². The van der Waals surface area contributed by atoms with Crippen LogP contribution in [0.3, 0.4) is 0 Å². The van der Waals surface area contributed by atoms with Crippen LogP contribution in [0, 0.1) is 12.3 Å². The Kier molecular flexibility index (Phi) is 9.90. The van der Waals surface area contributed by atoms with E-state index >= 15 is 0 Å².